The van der Waals surface area contributed by atoms with Gasteiger partial charge in [-0.3, -0.25) is 9.69 Å². The molecule has 3 N–H and O–H groups in total. The topological polar surface area (TPSA) is 64.6 Å². The molecule has 0 spiro atoms. The third-order valence-electron chi connectivity index (χ3n) is 5.56. The van der Waals surface area contributed by atoms with Crippen LogP contribution >= 0.6 is 0 Å². The normalized spacial score (nSPS) is 10.9. The standard InChI is InChI=1S/C28H35N3O2/c1-4-16-31(17-5-2)20-24-18-22(8-15-27(24)32)19-29-28(33)23-9-13-26(14-10-23)30-25-11-6-21(3)7-12-25/h6-15,18,30,32H,4-5,16-17,19-20H2,1-3H3,(H,29,33). The Morgan fingerprint density at radius 2 is 1.48 bits per heavy atom. The summed E-state index contributed by atoms with van der Waals surface area (Å²) in [5.74, 6) is 0.184. The highest BCUT2D eigenvalue weighted by Gasteiger charge is 2.10. The van der Waals surface area contributed by atoms with Crippen molar-refractivity contribution in [3.05, 3.63) is 89.0 Å². The summed E-state index contributed by atoms with van der Waals surface area (Å²) in [5.41, 5.74) is 5.64. The van der Waals surface area contributed by atoms with E-state index in [1.54, 1.807) is 6.07 Å². The van der Waals surface area contributed by atoms with Gasteiger partial charge >= 0.3 is 0 Å². The molecule has 1 amide bonds. The number of carbonyl (C=O) groups is 1. The monoisotopic (exact) mass is 445 g/mol. The lowest BCUT2D eigenvalue weighted by molar-refractivity contribution is 0.0951. The van der Waals surface area contributed by atoms with Gasteiger partial charge in [-0.05, 0) is 86.9 Å². The average Bonchev–Trinajstić information content (AvgIpc) is 2.81. The smallest absolute Gasteiger partial charge is 0.251 e. The number of phenolic OH excluding ortho intramolecular Hbond substituents is 1. The minimum atomic E-state index is -0.120. The molecule has 3 aromatic rings. The van der Waals surface area contributed by atoms with Gasteiger partial charge in [-0.1, -0.05) is 37.6 Å². The Morgan fingerprint density at radius 1 is 0.879 bits per heavy atom. The second-order valence-electron chi connectivity index (χ2n) is 8.49. The summed E-state index contributed by atoms with van der Waals surface area (Å²) in [7, 11) is 0. The van der Waals surface area contributed by atoms with Gasteiger partial charge in [0.25, 0.3) is 5.91 Å². The first-order valence-electron chi connectivity index (χ1n) is 11.7. The van der Waals surface area contributed by atoms with E-state index in [9.17, 15) is 9.90 Å². The second-order valence-corrected chi connectivity index (χ2v) is 8.49. The van der Waals surface area contributed by atoms with Crippen molar-refractivity contribution in [1.29, 1.82) is 0 Å². The van der Waals surface area contributed by atoms with Crippen LogP contribution in [-0.2, 0) is 13.1 Å². The number of anilines is 2. The van der Waals surface area contributed by atoms with Gasteiger partial charge in [-0.2, -0.15) is 0 Å². The maximum atomic E-state index is 12.6. The summed E-state index contributed by atoms with van der Waals surface area (Å²) in [6.07, 6.45) is 2.16. The van der Waals surface area contributed by atoms with Crippen molar-refractivity contribution in [2.24, 2.45) is 0 Å². The zero-order valence-corrected chi connectivity index (χ0v) is 19.9. The van der Waals surface area contributed by atoms with Crippen molar-refractivity contribution in [2.45, 2.75) is 46.7 Å². The van der Waals surface area contributed by atoms with Crippen molar-refractivity contribution in [3.63, 3.8) is 0 Å². The molecule has 3 aromatic carbocycles. The minimum absolute atomic E-state index is 0.120. The van der Waals surface area contributed by atoms with E-state index in [1.165, 1.54) is 5.56 Å². The van der Waals surface area contributed by atoms with E-state index in [1.807, 2.05) is 48.5 Å². The summed E-state index contributed by atoms with van der Waals surface area (Å²) in [6.45, 7) is 9.52. The maximum absolute atomic E-state index is 12.6. The van der Waals surface area contributed by atoms with Crippen LogP contribution < -0.4 is 10.6 Å². The Bertz CT molecular complexity index is 1020. The van der Waals surface area contributed by atoms with Gasteiger partial charge in [0, 0.05) is 35.6 Å². The lowest BCUT2D eigenvalue weighted by atomic mass is 10.1. The molecule has 0 aromatic heterocycles. The molecule has 0 aliphatic carbocycles. The van der Waals surface area contributed by atoms with Crippen molar-refractivity contribution in [2.75, 3.05) is 18.4 Å². The Labute approximate surface area is 197 Å². The molecule has 0 aliphatic rings. The van der Waals surface area contributed by atoms with Crippen LogP contribution in [0.4, 0.5) is 11.4 Å². The SMILES string of the molecule is CCCN(CCC)Cc1cc(CNC(=O)c2ccc(Nc3ccc(C)cc3)cc2)ccc1O. The fourth-order valence-electron chi connectivity index (χ4n) is 3.81. The number of nitrogens with zero attached hydrogens (tertiary/aromatic N) is 1. The molecule has 0 saturated carbocycles. The number of rotatable bonds is 11. The van der Waals surface area contributed by atoms with Crippen LogP contribution in [0.3, 0.4) is 0 Å². The minimum Gasteiger partial charge on any atom is -0.508 e. The molecule has 0 atom stereocenters. The zero-order valence-electron chi connectivity index (χ0n) is 19.9. The summed E-state index contributed by atoms with van der Waals surface area (Å²) < 4.78 is 0. The quantitative estimate of drug-likeness (QED) is 0.339. The van der Waals surface area contributed by atoms with Crippen LogP contribution in [-0.4, -0.2) is 29.0 Å². The molecule has 0 saturated heterocycles. The molecule has 0 heterocycles. The number of hydrogen-bond donors (Lipinski definition) is 3. The number of aromatic hydroxyl groups is 1. The highest BCUT2D eigenvalue weighted by Crippen LogP contribution is 2.21. The third-order valence-corrected chi connectivity index (χ3v) is 5.56. The molecule has 0 bridgehead atoms. The molecule has 174 valence electrons. The van der Waals surface area contributed by atoms with Crippen LogP contribution in [0.15, 0.2) is 66.7 Å². The number of carbonyl (C=O) groups excluding carboxylic acids is 1. The Hall–Kier alpha value is -3.31. The van der Waals surface area contributed by atoms with Gasteiger partial charge in [-0.25, -0.2) is 0 Å². The van der Waals surface area contributed by atoms with Crippen molar-refractivity contribution in [3.8, 4) is 5.75 Å². The van der Waals surface area contributed by atoms with E-state index in [2.05, 4.69) is 48.4 Å². The predicted molar refractivity (Wildman–Crippen MR) is 136 cm³/mol. The fraction of sp³-hybridized carbons (Fsp3) is 0.321. The Balaban J connectivity index is 1.58. The summed E-state index contributed by atoms with van der Waals surface area (Å²) in [4.78, 5) is 15.0. The van der Waals surface area contributed by atoms with Gasteiger partial charge in [0.2, 0.25) is 0 Å². The number of phenols is 1. The number of hydrogen-bond acceptors (Lipinski definition) is 4. The van der Waals surface area contributed by atoms with E-state index in [4.69, 9.17) is 0 Å². The van der Waals surface area contributed by atoms with Crippen LogP contribution in [0.25, 0.3) is 0 Å². The van der Waals surface area contributed by atoms with Gasteiger partial charge in [0.1, 0.15) is 5.75 Å². The second kappa shape index (κ2) is 12.1. The van der Waals surface area contributed by atoms with E-state index >= 15 is 0 Å². The van der Waals surface area contributed by atoms with Crippen LogP contribution in [0.1, 0.15) is 53.7 Å². The number of amides is 1. The molecule has 0 fully saturated rings. The van der Waals surface area contributed by atoms with E-state index < -0.39 is 0 Å². The lowest BCUT2D eigenvalue weighted by Gasteiger charge is -2.22. The highest BCUT2D eigenvalue weighted by atomic mass is 16.3. The average molecular weight is 446 g/mol. The van der Waals surface area contributed by atoms with Gasteiger partial charge in [0.15, 0.2) is 0 Å². The molecule has 33 heavy (non-hydrogen) atoms. The van der Waals surface area contributed by atoms with Crippen LogP contribution in [0.5, 0.6) is 5.75 Å². The van der Waals surface area contributed by atoms with Crippen LogP contribution in [0.2, 0.25) is 0 Å². The largest absolute Gasteiger partial charge is 0.508 e. The summed E-state index contributed by atoms with van der Waals surface area (Å²) >= 11 is 0. The first-order valence-corrected chi connectivity index (χ1v) is 11.7. The predicted octanol–water partition coefficient (Wildman–Crippen LogP) is 6.00. The number of nitrogens with one attached hydrogen (secondary N) is 2. The number of benzene rings is 3. The Morgan fingerprint density at radius 3 is 2.09 bits per heavy atom. The molecule has 0 unspecified atom stereocenters. The summed E-state index contributed by atoms with van der Waals surface area (Å²) in [6, 6.07) is 21.2. The molecule has 0 radical (unpaired) electrons. The lowest BCUT2D eigenvalue weighted by Crippen LogP contribution is -2.25. The number of aryl methyl sites for hydroxylation is 1. The molecule has 0 aliphatic heterocycles. The molecule has 5 nitrogen and oxygen atoms in total. The first kappa shape index (κ1) is 24.3. The van der Waals surface area contributed by atoms with Crippen LogP contribution in [0, 0.1) is 6.92 Å². The zero-order chi connectivity index (χ0) is 23.6. The fourth-order valence-corrected chi connectivity index (χ4v) is 3.81. The summed E-state index contributed by atoms with van der Waals surface area (Å²) in [5, 5.41) is 16.6. The van der Waals surface area contributed by atoms with Crippen molar-refractivity contribution < 1.29 is 9.90 Å². The Kier molecular flexibility index (Phi) is 8.90. The van der Waals surface area contributed by atoms with Gasteiger partial charge in [-0.15, -0.1) is 0 Å². The van der Waals surface area contributed by atoms with Gasteiger partial charge < -0.3 is 15.7 Å². The third kappa shape index (κ3) is 7.36. The molecule has 3 rings (SSSR count). The maximum Gasteiger partial charge on any atom is 0.251 e. The highest BCUT2D eigenvalue weighted by molar-refractivity contribution is 5.94. The molecular formula is C28H35N3O2. The van der Waals surface area contributed by atoms with Gasteiger partial charge in [0.05, 0.1) is 0 Å². The first-order chi connectivity index (χ1) is 16.0. The van der Waals surface area contributed by atoms with E-state index in [0.29, 0.717) is 24.4 Å². The molecule has 5 heteroatoms. The van der Waals surface area contributed by atoms with Crippen molar-refractivity contribution in [1.82, 2.24) is 10.2 Å². The van der Waals surface area contributed by atoms with Crippen molar-refractivity contribution >= 4 is 17.3 Å². The van der Waals surface area contributed by atoms with E-state index in [-0.39, 0.29) is 5.91 Å². The molecular weight excluding hydrogens is 410 g/mol. The van der Waals surface area contributed by atoms with E-state index in [0.717, 1.165) is 48.4 Å².